The van der Waals surface area contributed by atoms with Gasteiger partial charge in [-0.05, 0) is 35.9 Å². The molecule has 0 aliphatic heterocycles. The maximum Gasteiger partial charge on any atom is 0.253 e. The van der Waals surface area contributed by atoms with E-state index >= 15 is 0 Å². The van der Waals surface area contributed by atoms with Crippen molar-refractivity contribution >= 4 is 23.6 Å². The van der Waals surface area contributed by atoms with Gasteiger partial charge >= 0.3 is 0 Å². The van der Waals surface area contributed by atoms with Crippen molar-refractivity contribution in [2.24, 2.45) is 0 Å². The van der Waals surface area contributed by atoms with Crippen LogP contribution in [0.3, 0.4) is 0 Å². The molecule has 0 radical (unpaired) electrons. The molecule has 2 amide bonds. The van der Waals surface area contributed by atoms with E-state index in [1.807, 2.05) is 30.3 Å². The lowest BCUT2D eigenvalue weighted by Gasteiger charge is -2.14. The number of para-hydroxylation sites is 1. The zero-order valence-electron chi connectivity index (χ0n) is 18.8. The Kier molecular flexibility index (Phi) is 8.07. The van der Waals surface area contributed by atoms with Crippen molar-refractivity contribution in [3.63, 3.8) is 0 Å². The lowest BCUT2D eigenvalue weighted by molar-refractivity contribution is -0.111. The predicted molar refractivity (Wildman–Crippen MR) is 128 cm³/mol. The summed E-state index contributed by atoms with van der Waals surface area (Å²) in [5.74, 6) is 0.728. The first-order chi connectivity index (χ1) is 16.1. The second kappa shape index (κ2) is 11.4. The average Bonchev–Trinajstić information content (AvgIpc) is 2.86. The molecule has 0 saturated carbocycles. The van der Waals surface area contributed by atoms with Gasteiger partial charge in [0.1, 0.15) is 0 Å². The second-order valence-electron chi connectivity index (χ2n) is 6.96. The van der Waals surface area contributed by atoms with Gasteiger partial charge in [-0.3, -0.25) is 9.59 Å². The number of rotatable bonds is 9. The fourth-order valence-corrected chi connectivity index (χ4v) is 3.26. The van der Waals surface area contributed by atoms with Crippen LogP contribution in [-0.2, 0) is 11.3 Å². The molecule has 0 aliphatic rings. The Morgan fingerprint density at radius 2 is 1.52 bits per heavy atom. The molecule has 0 aliphatic carbocycles. The third-order valence-electron chi connectivity index (χ3n) is 4.87. The van der Waals surface area contributed by atoms with Crippen LogP contribution in [0.25, 0.3) is 6.08 Å². The van der Waals surface area contributed by atoms with E-state index in [4.69, 9.17) is 14.2 Å². The van der Waals surface area contributed by atoms with E-state index in [9.17, 15) is 9.59 Å². The molecule has 33 heavy (non-hydrogen) atoms. The number of amides is 2. The monoisotopic (exact) mass is 446 g/mol. The Bertz CT molecular complexity index is 1140. The van der Waals surface area contributed by atoms with E-state index in [2.05, 4.69) is 10.6 Å². The summed E-state index contributed by atoms with van der Waals surface area (Å²) in [4.78, 5) is 25.3. The van der Waals surface area contributed by atoms with Crippen molar-refractivity contribution in [2.75, 3.05) is 26.6 Å². The number of carbonyl (C=O) groups excluding carboxylic acids is 2. The summed E-state index contributed by atoms with van der Waals surface area (Å²) in [5.41, 5.74) is 2.41. The summed E-state index contributed by atoms with van der Waals surface area (Å²) >= 11 is 0. The van der Waals surface area contributed by atoms with E-state index in [-0.39, 0.29) is 5.91 Å². The van der Waals surface area contributed by atoms with Gasteiger partial charge in [-0.25, -0.2) is 0 Å². The molecule has 170 valence electrons. The highest BCUT2D eigenvalue weighted by atomic mass is 16.5. The quantitative estimate of drug-likeness (QED) is 0.479. The summed E-state index contributed by atoms with van der Waals surface area (Å²) < 4.78 is 16.1. The van der Waals surface area contributed by atoms with Gasteiger partial charge in [0.15, 0.2) is 11.5 Å². The first-order valence-corrected chi connectivity index (χ1v) is 10.3. The molecular weight excluding hydrogens is 420 g/mol. The first-order valence-electron chi connectivity index (χ1n) is 10.3. The second-order valence-corrected chi connectivity index (χ2v) is 6.96. The minimum Gasteiger partial charge on any atom is -0.493 e. The molecule has 3 aromatic carbocycles. The Morgan fingerprint density at radius 3 is 2.21 bits per heavy atom. The number of benzene rings is 3. The summed E-state index contributed by atoms with van der Waals surface area (Å²) in [6.45, 7) is 0.390. The maximum atomic E-state index is 12.7. The Balaban J connectivity index is 1.72. The molecule has 0 fully saturated rings. The lowest BCUT2D eigenvalue weighted by Crippen LogP contribution is -2.24. The van der Waals surface area contributed by atoms with Gasteiger partial charge in [-0.15, -0.1) is 0 Å². The first kappa shape index (κ1) is 23.4. The van der Waals surface area contributed by atoms with Gasteiger partial charge in [0, 0.05) is 18.2 Å². The van der Waals surface area contributed by atoms with E-state index in [1.54, 1.807) is 42.5 Å². The van der Waals surface area contributed by atoms with Crippen molar-refractivity contribution in [1.29, 1.82) is 0 Å². The number of anilines is 1. The van der Waals surface area contributed by atoms with Crippen molar-refractivity contribution in [1.82, 2.24) is 5.32 Å². The van der Waals surface area contributed by atoms with Gasteiger partial charge in [0.25, 0.3) is 5.91 Å². The molecule has 2 N–H and O–H groups in total. The van der Waals surface area contributed by atoms with Crippen LogP contribution in [0, 0.1) is 0 Å². The molecule has 3 aromatic rings. The minimum atomic E-state index is -0.393. The van der Waals surface area contributed by atoms with Crippen LogP contribution in [0.2, 0.25) is 0 Å². The molecule has 7 nitrogen and oxygen atoms in total. The lowest BCUT2D eigenvalue weighted by atomic mass is 10.1. The third kappa shape index (κ3) is 5.92. The molecule has 0 unspecified atom stereocenters. The number of ether oxygens (including phenoxy) is 3. The zero-order valence-corrected chi connectivity index (χ0v) is 18.8. The standard InChI is InChI=1S/C26H26N2O5/c1-31-22-15-13-19(24(32-2)25(22)33-3)14-16-23(29)28-21-12-8-7-11-20(21)26(30)27-17-18-9-5-4-6-10-18/h4-16H,17H2,1-3H3,(H,27,30)(H,28,29)/b16-14+. The fourth-order valence-electron chi connectivity index (χ4n) is 3.26. The third-order valence-corrected chi connectivity index (χ3v) is 4.87. The number of hydrogen-bond acceptors (Lipinski definition) is 5. The molecule has 0 spiro atoms. The number of methoxy groups -OCH3 is 3. The highest BCUT2D eigenvalue weighted by Crippen LogP contribution is 2.40. The molecule has 0 saturated heterocycles. The van der Waals surface area contributed by atoms with Crippen LogP contribution in [-0.4, -0.2) is 33.1 Å². The number of nitrogens with one attached hydrogen (secondary N) is 2. The van der Waals surface area contributed by atoms with Crippen molar-refractivity contribution < 1.29 is 23.8 Å². The molecule has 0 bridgehead atoms. The Morgan fingerprint density at radius 1 is 0.818 bits per heavy atom. The van der Waals surface area contributed by atoms with E-state index < -0.39 is 5.91 Å². The normalized spacial score (nSPS) is 10.5. The maximum absolute atomic E-state index is 12.7. The van der Waals surface area contributed by atoms with E-state index in [1.165, 1.54) is 27.4 Å². The van der Waals surface area contributed by atoms with E-state index in [0.29, 0.717) is 40.6 Å². The highest BCUT2D eigenvalue weighted by molar-refractivity contribution is 6.07. The van der Waals surface area contributed by atoms with Gasteiger partial charge in [-0.2, -0.15) is 0 Å². The van der Waals surface area contributed by atoms with Crippen LogP contribution in [0.4, 0.5) is 5.69 Å². The Hall–Kier alpha value is -4.26. The molecule has 0 aromatic heterocycles. The smallest absolute Gasteiger partial charge is 0.253 e. The number of hydrogen-bond donors (Lipinski definition) is 2. The summed E-state index contributed by atoms with van der Waals surface area (Å²) in [5, 5.41) is 5.64. The largest absolute Gasteiger partial charge is 0.493 e. The molecular formula is C26H26N2O5. The molecule has 3 rings (SSSR count). The number of carbonyl (C=O) groups is 2. The molecule has 0 heterocycles. The SMILES string of the molecule is COc1ccc(/C=C/C(=O)Nc2ccccc2C(=O)NCc2ccccc2)c(OC)c1OC. The molecule has 7 heteroatoms. The van der Waals surface area contributed by atoms with Crippen molar-refractivity contribution in [3.8, 4) is 17.2 Å². The Labute approximate surface area is 193 Å². The van der Waals surface area contributed by atoms with Crippen molar-refractivity contribution in [3.05, 3.63) is 89.5 Å². The molecule has 0 atom stereocenters. The minimum absolute atomic E-state index is 0.278. The van der Waals surface area contributed by atoms with Crippen molar-refractivity contribution in [2.45, 2.75) is 6.54 Å². The van der Waals surface area contributed by atoms with Crippen LogP contribution >= 0.6 is 0 Å². The van der Waals surface area contributed by atoms with Gasteiger partial charge in [-0.1, -0.05) is 42.5 Å². The topological polar surface area (TPSA) is 85.9 Å². The van der Waals surface area contributed by atoms with Crippen LogP contribution in [0.1, 0.15) is 21.5 Å². The van der Waals surface area contributed by atoms with Crippen LogP contribution in [0.15, 0.2) is 72.8 Å². The van der Waals surface area contributed by atoms with E-state index in [0.717, 1.165) is 5.56 Å². The highest BCUT2D eigenvalue weighted by Gasteiger charge is 2.15. The van der Waals surface area contributed by atoms with Gasteiger partial charge in [0.2, 0.25) is 11.7 Å². The summed E-state index contributed by atoms with van der Waals surface area (Å²) in [6, 6.07) is 19.9. The van der Waals surface area contributed by atoms with Crippen LogP contribution in [0.5, 0.6) is 17.2 Å². The van der Waals surface area contributed by atoms with Gasteiger partial charge < -0.3 is 24.8 Å². The van der Waals surface area contributed by atoms with Crippen LogP contribution < -0.4 is 24.8 Å². The fraction of sp³-hybridized carbons (Fsp3) is 0.154. The summed E-state index contributed by atoms with van der Waals surface area (Å²) in [6.07, 6.45) is 2.97. The zero-order chi connectivity index (χ0) is 23.6. The summed E-state index contributed by atoms with van der Waals surface area (Å²) in [7, 11) is 4.56. The average molecular weight is 447 g/mol. The van der Waals surface area contributed by atoms with Gasteiger partial charge in [0.05, 0.1) is 32.6 Å². The predicted octanol–water partition coefficient (Wildman–Crippen LogP) is 4.29.